The van der Waals surface area contributed by atoms with Gasteiger partial charge in [-0.05, 0) is 89.0 Å². The summed E-state index contributed by atoms with van der Waals surface area (Å²) in [5.41, 5.74) is 16.7. The molecule has 0 bridgehead atoms. The minimum atomic E-state index is -1.93. The van der Waals surface area contributed by atoms with Gasteiger partial charge in [-0.2, -0.15) is 0 Å². The molecule has 0 fully saturated rings. The third-order valence-electron chi connectivity index (χ3n) is 16.8. The van der Waals surface area contributed by atoms with Crippen molar-refractivity contribution in [2.45, 2.75) is 198 Å². The lowest BCUT2D eigenvalue weighted by Gasteiger charge is -2.30. The average molecular weight is 1590 g/mol. The van der Waals surface area contributed by atoms with Crippen LogP contribution < -0.4 is 97.0 Å². The van der Waals surface area contributed by atoms with Crippen molar-refractivity contribution < 1.29 is 117 Å². The number of aromatic hydroxyl groups is 1. The summed E-state index contributed by atoms with van der Waals surface area (Å²) in [4.78, 5) is 230. The van der Waals surface area contributed by atoms with Crippen LogP contribution in [-0.4, -0.2) is 272 Å². The van der Waals surface area contributed by atoms with E-state index in [1.54, 1.807) is 37.3 Å². The van der Waals surface area contributed by atoms with Crippen LogP contribution in [0.1, 0.15) is 106 Å². The molecule has 2 aromatic rings. The molecular weight excluding hydrogens is 1480 g/mol. The molecule has 0 spiro atoms. The monoisotopic (exact) mass is 1590 g/mol. The van der Waals surface area contributed by atoms with Gasteiger partial charge in [-0.3, -0.25) is 81.7 Å². The summed E-state index contributed by atoms with van der Waals surface area (Å²) in [5.74, 6) is -20.4. The molecule has 43 heteroatoms. The normalized spacial score (nSPS) is 15.3. The zero-order chi connectivity index (χ0) is 84.8. The highest BCUT2D eigenvalue weighted by molar-refractivity contribution is 6.00. The SMILES string of the molecule is CC[C@H](C)[C@H](NC(=O)[C@H](Cc1ccc(O)cc1)NC(=O)[C@@H](NC(=O)CNC(=O)[C@@H](NC(=O)[C@H](Cc1ccccc1)NC(=O)[C@H](CCC(=O)O)NC(=O)CNC(=O)[C@H](CCCN=C(N)N)NC(=O)CNC(=O)CNC(=O)CN)[C@@H](C)O)[C@@H](C)O)C(=O)N[C@H](C(=O)N[C@@H](C)C(=O)N[C@H](C(=O)N[C@H](C(=O)O)[C@@H](C)O)C(C)C)[C@@H](C)O. The number of rotatable bonds is 49. The Morgan fingerprint density at radius 1 is 0.402 bits per heavy atom. The Morgan fingerprint density at radius 2 is 0.804 bits per heavy atom. The van der Waals surface area contributed by atoms with Crippen LogP contribution in [0.15, 0.2) is 59.6 Å². The van der Waals surface area contributed by atoms with E-state index in [2.05, 4.69) is 84.7 Å². The second-order valence-electron chi connectivity index (χ2n) is 26.6. The molecule has 43 nitrogen and oxygen atoms in total. The molecule has 2 rings (SSSR count). The van der Waals surface area contributed by atoms with Crippen molar-refractivity contribution in [3.63, 3.8) is 0 Å². The molecule has 0 unspecified atom stereocenters. The molecule has 0 radical (unpaired) electrons. The number of aliphatic hydroxyl groups excluding tert-OH is 4. The van der Waals surface area contributed by atoms with E-state index in [-0.39, 0.29) is 50.4 Å². The molecule has 0 aliphatic rings. The quantitative estimate of drug-likeness (QED) is 0.0166. The number of aliphatic imine (C=N–C) groups is 1. The van der Waals surface area contributed by atoms with Crippen molar-refractivity contribution >= 4 is 107 Å². The van der Waals surface area contributed by atoms with E-state index >= 15 is 0 Å². The Bertz CT molecular complexity index is 3600. The van der Waals surface area contributed by atoms with E-state index in [9.17, 15) is 117 Å². The number of nitrogens with zero attached hydrogens (tertiary/aromatic N) is 1. The number of aliphatic carboxylic acids is 2. The van der Waals surface area contributed by atoms with Crippen molar-refractivity contribution in [2.24, 2.45) is 34.0 Å². The van der Waals surface area contributed by atoms with Crippen molar-refractivity contribution in [1.29, 1.82) is 0 Å². The summed E-state index contributed by atoms with van der Waals surface area (Å²) in [6.07, 6.45) is -8.67. The number of phenols is 1. The van der Waals surface area contributed by atoms with Crippen LogP contribution in [0, 0.1) is 11.8 Å². The van der Waals surface area contributed by atoms with Crippen molar-refractivity contribution in [3.05, 3.63) is 65.7 Å². The van der Waals surface area contributed by atoms with Gasteiger partial charge in [0, 0.05) is 25.8 Å². The number of nitrogens with one attached hydrogen (secondary N) is 15. The van der Waals surface area contributed by atoms with Crippen LogP contribution in [-0.2, 0) is 94.3 Å². The molecule has 16 atom stereocenters. The summed E-state index contributed by atoms with van der Waals surface area (Å²) in [6.45, 7) is 8.29. The number of carbonyl (C=O) groups excluding carboxylic acids is 15. The Morgan fingerprint density at radius 3 is 1.30 bits per heavy atom. The lowest BCUT2D eigenvalue weighted by Crippen LogP contribution is -2.63. The highest BCUT2D eigenvalue weighted by Crippen LogP contribution is 2.16. The number of guanidine groups is 1. The molecule has 622 valence electrons. The summed E-state index contributed by atoms with van der Waals surface area (Å²) in [6, 6.07) is -5.18. The molecule has 0 saturated heterocycles. The Labute approximate surface area is 644 Å². The molecule has 0 aliphatic carbocycles. The van der Waals surface area contributed by atoms with Gasteiger partial charge in [0.1, 0.15) is 66.2 Å². The highest BCUT2D eigenvalue weighted by atomic mass is 16.4. The number of hydrogen-bond donors (Lipinski definition) is 25. The second kappa shape index (κ2) is 48.7. The van der Waals surface area contributed by atoms with Crippen LogP contribution in [0.2, 0.25) is 0 Å². The molecule has 112 heavy (non-hydrogen) atoms. The van der Waals surface area contributed by atoms with Crippen LogP contribution in [0.3, 0.4) is 0 Å². The maximum absolute atomic E-state index is 14.5. The van der Waals surface area contributed by atoms with Gasteiger partial charge in [0.15, 0.2) is 12.0 Å². The smallest absolute Gasteiger partial charge is 0.328 e. The fourth-order valence-corrected chi connectivity index (χ4v) is 10.2. The maximum atomic E-state index is 14.5. The van der Waals surface area contributed by atoms with E-state index in [0.29, 0.717) is 11.1 Å². The largest absolute Gasteiger partial charge is 0.508 e. The zero-order valence-corrected chi connectivity index (χ0v) is 63.5. The third kappa shape index (κ3) is 35.3. The lowest BCUT2D eigenvalue weighted by atomic mass is 9.96. The van der Waals surface area contributed by atoms with E-state index in [0.717, 1.165) is 27.7 Å². The molecular formula is C69H107N19O24. The summed E-state index contributed by atoms with van der Waals surface area (Å²) in [5, 5.41) is 106. The predicted octanol–water partition coefficient (Wildman–Crippen LogP) is -9.82. The van der Waals surface area contributed by atoms with E-state index in [4.69, 9.17) is 17.2 Å². The summed E-state index contributed by atoms with van der Waals surface area (Å²) in [7, 11) is 0. The average Bonchev–Trinajstić information content (AvgIpc) is 0.838. The molecule has 0 heterocycles. The molecule has 0 aliphatic heterocycles. The predicted molar refractivity (Wildman–Crippen MR) is 395 cm³/mol. The van der Waals surface area contributed by atoms with Gasteiger partial charge in [-0.25, -0.2) is 4.79 Å². The number of carboxylic acids is 2. The maximum Gasteiger partial charge on any atom is 0.328 e. The number of nitrogens with two attached hydrogens (primary N) is 3. The Hall–Kier alpha value is -11.7. The Kier molecular flexibility index (Phi) is 41.9. The van der Waals surface area contributed by atoms with Crippen LogP contribution in [0.25, 0.3) is 0 Å². The second-order valence-corrected chi connectivity index (χ2v) is 26.6. The van der Waals surface area contributed by atoms with E-state index < -0.39 is 249 Å². The first-order valence-corrected chi connectivity index (χ1v) is 35.6. The van der Waals surface area contributed by atoms with Gasteiger partial charge in [0.25, 0.3) is 0 Å². The van der Waals surface area contributed by atoms with Crippen LogP contribution in [0.5, 0.6) is 5.75 Å². The first-order chi connectivity index (χ1) is 52.5. The van der Waals surface area contributed by atoms with Crippen molar-refractivity contribution in [2.75, 3.05) is 39.3 Å². The minimum absolute atomic E-state index is 0.00839. The third-order valence-corrected chi connectivity index (χ3v) is 16.8. The lowest BCUT2D eigenvalue weighted by molar-refractivity contribution is -0.145. The molecule has 15 amide bonds. The molecule has 0 saturated carbocycles. The van der Waals surface area contributed by atoms with Crippen LogP contribution >= 0.6 is 0 Å². The fourth-order valence-electron chi connectivity index (χ4n) is 10.2. The summed E-state index contributed by atoms with van der Waals surface area (Å²) >= 11 is 0. The first-order valence-electron chi connectivity index (χ1n) is 35.6. The zero-order valence-electron chi connectivity index (χ0n) is 63.5. The van der Waals surface area contributed by atoms with Gasteiger partial charge in [0.2, 0.25) is 88.6 Å². The number of carbonyl (C=O) groups is 17. The topological polar surface area (TPSA) is 703 Å². The highest BCUT2D eigenvalue weighted by Gasteiger charge is 2.39. The molecule has 28 N–H and O–H groups in total. The molecule has 2 aromatic carbocycles. The Balaban J connectivity index is 2.37. The number of aliphatic hydroxyl groups is 4. The van der Waals surface area contributed by atoms with Gasteiger partial charge in [0.05, 0.1) is 57.1 Å². The fraction of sp³-hybridized carbons (Fsp3) is 0.565. The van der Waals surface area contributed by atoms with Crippen LogP contribution in [0.4, 0.5) is 0 Å². The van der Waals surface area contributed by atoms with Gasteiger partial charge in [-0.1, -0.05) is 76.6 Å². The summed E-state index contributed by atoms with van der Waals surface area (Å²) < 4.78 is 0. The number of phenolic OH excluding ortho intramolecular Hbond substituents is 1. The van der Waals surface area contributed by atoms with Gasteiger partial charge < -0.3 is 133 Å². The first kappa shape index (κ1) is 96.4. The number of hydrogen-bond acceptors (Lipinski definition) is 24. The van der Waals surface area contributed by atoms with Gasteiger partial charge in [-0.15, -0.1) is 0 Å². The van der Waals surface area contributed by atoms with Gasteiger partial charge >= 0.3 is 11.9 Å². The minimum Gasteiger partial charge on any atom is -0.508 e. The number of amides is 15. The van der Waals surface area contributed by atoms with E-state index in [1.165, 1.54) is 52.0 Å². The number of benzene rings is 2. The van der Waals surface area contributed by atoms with Crippen molar-refractivity contribution in [1.82, 2.24) is 79.8 Å². The molecule has 0 aromatic heterocycles. The van der Waals surface area contributed by atoms with Crippen molar-refractivity contribution in [3.8, 4) is 5.75 Å². The van der Waals surface area contributed by atoms with E-state index in [1.807, 2.05) is 0 Å². The number of carboxylic acid groups (broad SMARTS) is 2. The standard InChI is InChI=1S/C69H107N19O24/c1-10-33(4)53(65(108)87-56(37(8)91)66(109)78-34(5)58(101)84-52(32(2)3)64(107)88-57(38(9)92)68(111)112)85-61(104)45(26-40-18-20-41(93)21-19-40)82-67(110)55(36(7)90)83-50(98)31-77-63(106)54(35(6)89)86-62(105)44(25-39-15-12-11-13-16-39)81-60(103)43(22-23-51(99)100)80-49(97)30-76-59(102)42(17-14-24-73-69(71)72)79-48(96)29-75-47(95)28-74-46(94)27-70/h11-13,15-16,18-21,32-38,42-45,52-57,89-93H,10,14,17,22-31,70H2,1-9H3,(H,74,94)(H,75,95)(H,76,102)(H,77,106)(H,78,109)(H,79,96)(H,80,97)(H,81,103)(H,82,110)(H,83,98)(H,84,101)(H,85,104)(H,86,105)(H,87,108)(H,88,107)(H,99,100)(H,111,112)(H4,71,72,73)/t33-,34-,35+,36+,37+,38+,42-,43-,44-,45-,52-,53-,54-,55-,56-,57-/m0/s1.